The predicted molar refractivity (Wildman–Crippen MR) is 109 cm³/mol. The molecule has 0 saturated heterocycles. The number of carbonyl (C=O) groups excluding carboxylic acids is 1. The Labute approximate surface area is 175 Å². The zero-order chi connectivity index (χ0) is 23.0. The third-order valence-corrected chi connectivity index (χ3v) is 5.09. The number of hydrogen-bond acceptors (Lipinski definition) is 7. The first-order valence-corrected chi connectivity index (χ1v) is 9.70. The Kier molecular flexibility index (Phi) is 5.96. The summed E-state index contributed by atoms with van der Waals surface area (Å²) in [6, 6.07) is -0.692. The number of nitrogens with one attached hydrogen (secondary N) is 1. The molecule has 1 atom stereocenters. The largest absolute Gasteiger partial charge is 0.480 e. The average Bonchev–Trinajstić information content (AvgIpc) is 3.52. The number of ether oxygens (including phenoxy) is 1. The van der Waals surface area contributed by atoms with Crippen molar-refractivity contribution in [1.29, 1.82) is 0 Å². The van der Waals surface area contributed by atoms with Crippen LogP contribution in [-0.4, -0.2) is 39.7 Å². The van der Waals surface area contributed by atoms with Crippen LogP contribution in [0, 0.1) is 21.8 Å². The Morgan fingerprint density at radius 2 is 2.06 bits per heavy atom. The Bertz CT molecular complexity index is 1140. The van der Waals surface area contributed by atoms with Crippen molar-refractivity contribution in [2.75, 3.05) is 12.4 Å². The molecule has 0 spiro atoms. The van der Waals surface area contributed by atoms with Crippen molar-refractivity contribution in [3.8, 4) is 0 Å². The summed E-state index contributed by atoms with van der Waals surface area (Å²) in [6.45, 7) is 3.53. The molecule has 0 unspecified atom stereocenters. The molecule has 166 valence electrons. The summed E-state index contributed by atoms with van der Waals surface area (Å²) in [4.78, 5) is 47.6. The van der Waals surface area contributed by atoms with Crippen LogP contribution in [0.2, 0.25) is 0 Å². The zero-order valence-electron chi connectivity index (χ0n) is 17.2. The van der Waals surface area contributed by atoms with Gasteiger partial charge in [0.15, 0.2) is 11.5 Å². The maximum absolute atomic E-state index is 15.0. The number of aromatic nitrogens is 1. The van der Waals surface area contributed by atoms with E-state index in [0.29, 0.717) is 12.8 Å². The highest BCUT2D eigenvalue weighted by Gasteiger charge is 2.35. The third-order valence-electron chi connectivity index (χ3n) is 5.09. The summed E-state index contributed by atoms with van der Waals surface area (Å²) >= 11 is 0. The number of methoxy groups -OCH3 is 1. The van der Waals surface area contributed by atoms with E-state index in [1.54, 1.807) is 13.8 Å². The van der Waals surface area contributed by atoms with E-state index < -0.39 is 45.5 Å². The number of benzene rings is 1. The second-order valence-corrected chi connectivity index (χ2v) is 7.90. The molecule has 0 amide bonds. The van der Waals surface area contributed by atoms with Crippen molar-refractivity contribution in [3.63, 3.8) is 0 Å². The highest BCUT2D eigenvalue weighted by molar-refractivity contribution is 5.99. The van der Waals surface area contributed by atoms with Gasteiger partial charge in [0.1, 0.15) is 17.1 Å². The van der Waals surface area contributed by atoms with Gasteiger partial charge in [0.25, 0.3) is 0 Å². The lowest BCUT2D eigenvalue weighted by atomic mass is 10.0. The van der Waals surface area contributed by atoms with Crippen molar-refractivity contribution in [2.45, 2.75) is 45.2 Å². The van der Waals surface area contributed by atoms with Crippen LogP contribution in [0.5, 0.6) is 0 Å². The lowest BCUT2D eigenvalue weighted by Gasteiger charge is -2.20. The fourth-order valence-electron chi connectivity index (χ4n) is 3.55. The maximum Gasteiger partial charge on any atom is 0.343 e. The number of fused-ring (bicyclic) bond motifs is 1. The average molecular weight is 435 g/mol. The van der Waals surface area contributed by atoms with Crippen LogP contribution in [0.15, 0.2) is 17.1 Å². The van der Waals surface area contributed by atoms with Gasteiger partial charge < -0.3 is 19.7 Å². The quantitative estimate of drug-likeness (QED) is 0.366. The second kappa shape index (κ2) is 8.32. The molecule has 1 fully saturated rings. The molecule has 1 aliphatic rings. The number of nitro benzene ring substituents is 1. The van der Waals surface area contributed by atoms with E-state index in [2.05, 4.69) is 10.1 Å². The Balaban J connectivity index is 2.34. The van der Waals surface area contributed by atoms with Crippen molar-refractivity contribution >= 4 is 34.2 Å². The molecule has 10 nitrogen and oxygen atoms in total. The molecular weight excluding hydrogens is 413 g/mol. The van der Waals surface area contributed by atoms with Crippen LogP contribution < -0.4 is 10.7 Å². The lowest BCUT2D eigenvalue weighted by Crippen LogP contribution is -2.31. The van der Waals surface area contributed by atoms with Gasteiger partial charge in [0.05, 0.1) is 17.4 Å². The van der Waals surface area contributed by atoms with E-state index in [9.17, 15) is 29.6 Å². The lowest BCUT2D eigenvalue weighted by molar-refractivity contribution is -0.382. The minimum absolute atomic E-state index is 0.0802. The SMILES string of the molecule is COC(=O)c1cn(C2CC2)c2c([N+](=O)[O-])c(N[C@@H](CC(C)C)C(=O)O)c(F)cc2c1=O. The summed E-state index contributed by atoms with van der Waals surface area (Å²) in [5, 5.41) is 23.6. The molecule has 1 aromatic carbocycles. The summed E-state index contributed by atoms with van der Waals surface area (Å²) in [5.41, 5.74) is -2.78. The minimum atomic E-state index is -1.29. The summed E-state index contributed by atoms with van der Waals surface area (Å²) < 4.78 is 21.0. The summed E-state index contributed by atoms with van der Waals surface area (Å²) in [5.74, 6) is -3.46. The van der Waals surface area contributed by atoms with Crippen molar-refractivity contribution in [2.24, 2.45) is 5.92 Å². The number of aliphatic carboxylic acids is 1. The van der Waals surface area contributed by atoms with Crippen LogP contribution in [0.3, 0.4) is 0 Å². The smallest absolute Gasteiger partial charge is 0.343 e. The number of halogens is 1. The van der Waals surface area contributed by atoms with Crippen molar-refractivity contribution < 1.29 is 28.7 Å². The number of nitrogens with zero attached hydrogens (tertiary/aromatic N) is 2. The number of carboxylic acid groups (broad SMARTS) is 1. The van der Waals surface area contributed by atoms with Crippen LogP contribution in [0.1, 0.15) is 49.5 Å². The first-order chi connectivity index (χ1) is 14.6. The first kappa shape index (κ1) is 22.2. The van der Waals surface area contributed by atoms with E-state index in [1.807, 2.05) is 0 Å². The van der Waals surface area contributed by atoms with E-state index in [0.717, 1.165) is 13.2 Å². The molecule has 1 heterocycles. The Hall–Kier alpha value is -3.50. The molecule has 3 rings (SSSR count). The van der Waals surface area contributed by atoms with Crippen molar-refractivity contribution in [1.82, 2.24) is 4.57 Å². The second-order valence-electron chi connectivity index (χ2n) is 7.90. The van der Waals surface area contributed by atoms with Crippen molar-refractivity contribution in [3.05, 3.63) is 44.0 Å². The molecule has 2 aromatic rings. The molecule has 31 heavy (non-hydrogen) atoms. The first-order valence-electron chi connectivity index (χ1n) is 9.70. The topological polar surface area (TPSA) is 141 Å². The molecule has 0 radical (unpaired) electrons. The molecule has 0 aliphatic heterocycles. The summed E-state index contributed by atoms with van der Waals surface area (Å²) in [6.07, 6.45) is 2.59. The predicted octanol–water partition coefficient (Wildman–Crippen LogP) is 3.08. The molecule has 0 bridgehead atoms. The van der Waals surface area contributed by atoms with Gasteiger partial charge in [-0.15, -0.1) is 0 Å². The molecule has 1 aliphatic carbocycles. The molecular formula is C20H22FN3O7. The van der Waals surface area contributed by atoms with Crippen LogP contribution in [0.25, 0.3) is 10.9 Å². The number of carboxylic acids is 1. The fourth-order valence-corrected chi connectivity index (χ4v) is 3.55. The maximum atomic E-state index is 15.0. The summed E-state index contributed by atoms with van der Waals surface area (Å²) in [7, 11) is 1.09. The van der Waals surface area contributed by atoms with Crippen LogP contribution >= 0.6 is 0 Å². The van der Waals surface area contributed by atoms with Gasteiger partial charge in [0, 0.05) is 12.2 Å². The number of carbonyl (C=O) groups is 2. The van der Waals surface area contributed by atoms with Gasteiger partial charge in [-0.3, -0.25) is 14.9 Å². The minimum Gasteiger partial charge on any atom is -0.480 e. The zero-order valence-corrected chi connectivity index (χ0v) is 17.2. The highest BCUT2D eigenvalue weighted by Crippen LogP contribution is 2.42. The van der Waals surface area contributed by atoms with E-state index in [4.69, 9.17) is 0 Å². The van der Waals surface area contributed by atoms with E-state index >= 15 is 4.39 Å². The number of rotatable bonds is 8. The van der Waals surface area contributed by atoms with Crippen LogP contribution in [-0.2, 0) is 9.53 Å². The van der Waals surface area contributed by atoms with Crippen LogP contribution in [0.4, 0.5) is 15.8 Å². The number of hydrogen-bond donors (Lipinski definition) is 2. The standard InChI is InChI=1S/C20H22FN3O7/c1-9(2)6-14(19(26)27)22-15-13(21)7-11-16(17(15)24(29)30)23(10-4-5-10)8-12(18(11)25)20(28)31-3/h7-10,14,22H,4-6H2,1-3H3,(H,26,27)/t14-/m0/s1. The normalized spacial score (nSPS) is 14.5. The molecule has 11 heteroatoms. The van der Waals surface area contributed by atoms with Gasteiger partial charge in [-0.2, -0.15) is 0 Å². The molecule has 1 aromatic heterocycles. The van der Waals surface area contributed by atoms with Gasteiger partial charge in [-0.05, 0) is 31.2 Å². The monoisotopic (exact) mass is 435 g/mol. The highest BCUT2D eigenvalue weighted by atomic mass is 19.1. The Morgan fingerprint density at radius 1 is 1.42 bits per heavy atom. The Morgan fingerprint density at radius 3 is 2.55 bits per heavy atom. The third kappa shape index (κ3) is 4.21. The number of nitro groups is 1. The van der Waals surface area contributed by atoms with E-state index in [-0.39, 0.29) is 34.8 Å². The van der Waals surface area contributed by atoms with Gasteiger partial charge >= 0.3 is 17.6 Å². The van der Waals surface area contributed by atoms with Gasteiger partial charge in [-0.1, -0.05) is 13.8 Å². The number of pyridine rings is 1. The molecule has 1 saturated carbocycles. The van der Waals surface area contributed by atoms with Gasteiger partial charge in [0.2, 0.25) is 5.43 Å². The number of esters is 1. The fraction of sp³-hybridized carbons (Fsp3) is 0.450. The van der Waals surface area contributed by atoms with E-state index in [1.165, 1.54) is 10.8 Å². The number of anilines is 1. The molecule has 2 N–H and O–H groups in total. The van der Waals surface area contributed by atoms with Gasteiger partial charge in [-0.25, -0.2) is 14.0 Å².